The standard InChI is InChI=1S/C24H36N2O3.H2/c1-6-24(19-15-26(16-20(19)24)22(28)29-23(3,4)5)13-14-25-21(27)12-11-18-10-8-7-9-17(18)2;/h7-8,10-12,17,19-20H,6,9,13-16H2,1-5H3,(H,25,27);1H/b12-11+;/t17?,19-,20+,24?;. The van der Waals surface area contributed by atoms with Gasteiger partial charge in [-0.15, -0.1) is 0 Å². The minimum atomic E-state index is -0.453. The number of allylic oxidation sites excluding steroid dienone is 5. The second kappa shape index (κ2) is 8.37. The molecule has 1 aliphatic heterocycles. The fraction of sp³-hybridized carbons (Fsp3) is 0.667. The molecule has 5 nitrogen and oxygen atoms in total. The van der Waals surface area contributed by atoms with Crippen LogP contribution in [0, 0.1) is 23.2 Å². The van der Waals surface area contributed by atoms with Gasteiger partial charge in [-0.05, 0) is 68.8 Å². The van der Waals surface area contributed by atoms with Crippen LogP contribution < -0.4 is 5.32 Å². The maximum atomic E-state index is 12.3. The molecule has 0 aromatic rings. The van der Waals surface area contributed by atoms with E-state index in [2.05, 4.69) is 37.4 Å². The molecular weight excluding hydrogens is 364 g/mol. The summed E-state index contributed by atoms with van der Waals surface area (Å²) in [6.07, 6.45) is 12.8. The molecule has 3 aliphatic rings. The van der Waals surface area contributed by atoms with Crippen LogP contribution >= 0.6 is 0 Å². The molecule has 0 bridgehead atoms. The van der Waals surface area contributed by atoms with Crippen molar-refractivity contribution in [2.45, 2.75) is 59.5 Å². The molecule has 4 atom stereocenters. The quantitative estimate of drug-likeness (QED) is 0.655. The van der Waals surface area contributed by atoms with Crippen LogP contribution in [0.25, 0.3) is 0 Å². The normalized spacial score (nSPS) is 30.9. The Morgan fingerprint density at radius 3 is 2.62 bits per heavy atom. The molecule has 2 amide bonds. The van der Waals surface area contributed by atoms with Gasteiger partial charge in [-0.3, -0.25) is 4.79 Å². The molecule has 0 spiro atoms. The Hall–Kier alpha value is -2.04. The van der Waals surface area contributed by atoms with Crippen LogP contribution in [-0.2, 0) is 9.53 Å². The van der Waals surface area contributed by atoms with Crippen molar-refractivity contribution in [2.75, 3.05) is 19.6 Å². The molecule has 1 N–H and O–H groups in total. The Kier molecular flexibility index (Phi) is 6.25. The third-order valence-corrected chi connectivity index (χ3v) is 6.80. The molecule has 2 fully saturated rings. The van der Waals surface area contributed by atoms with Gasteiger partial charge in [0.25, 0.3) is 0 Å². The Balaban J connectivity index is 0.00000320. The van der Waals surface area contributed by atoms with Crippen LogP contribution in [0.2, 0.25) is 0 Å². The van der Waals surface area contributed by atoms with Crippen LogP contribution in [0.5, 0.6) is 0 Å². The molecule has 0 aromatic heterocycles. The van der Waals surface area contributed by atoms with Crippen molar-refractivity contribution in [1.29, 1.82) is 0 Å². The number of rotatable bonds is 6. The number of hydrogen-bond acceptors (Lipinski definition) is 3. The van der Waals surface area contributed by atoms with E-state index in [1.165, 1.54) is 5.57 Å². The Morgan fingerprint density at radius 1 is 1.34 bits per heavy atom. The number of fused-ring (bicyclic) bond motifs is 1. The van der Waals surface area contributed by atoms with Gasteiger partial charge in [0.15, 0.2) is 0 Å². The summed E-state index contributed by atoms with van der Waals surface area (Å²) in [5, 5.41) is 3.05. The summed E-state index contributed by atoms with van der Waals surface area (Å²) in [5.74, 6) is 1.51. The first-order valence-corrected chi connectivity index (χ1v) is 11.0. The van der Waals surface area contributed by atoms with Crippen molar-refractivity contribution in [1.82, 2.24) is 10.2 Å². The van der Waals surface area contributed by atoms with Crippen molar-refractivity contribution in [3.63, 3.8) is 0 Å². The zero-order valence-electron chi connectivity index (χ0n) is 18.5. The molecule has 1 saturated heterocycles. The topological polar surface area (TPSA) is 58.6 Å². The van der Waals surface area contributed by atoms with Gasteiger partial charge >= 0.3 is 6.09 Å². The summed E-state index contributed by atoms with van der Waals surface area (Å²) in [6.45, 7) is 12.3. The zero-order chi connectivity index (χ0) is 21.2. The maximum Gasteiger partial charge on any atom is 0.410 e. The first kappa shape index (κ1) is 21.7. The first-order valence-electron chi connectivity index (χ1n) is 11.0. The largest absolute Gasteiger partial charge is 0.444 e. The number of amides is 2. The molecule has 5 heteroatoms. The molecule has 162 valence electrons. The van der Waals surface area contributed by atoms with E-state index in [9.17, 15) is 9.59 Å². The molecular formula is C24H38N2O3. The lowest BCUT2D eigenvalue weighted by Crippen LogP contribution is -2.38. The maximum absolute atomic E-state index is 12.3. The molecule has 0 radical (unpaired) electrons. The summed E-state index contributed by atoms with van der Waals surface area (Å²) >= 11 is 0. The molecule has 29 heavy (non-hydrogen) atoms. The monoisotopic (exact) mass is 402 g/mol. The number of piperidine rings is 1. The molecule has 0 aromatic carbocycles. The van der Waals surface area contributed by atoms with Crippen LogP contribution in [0.3, 0.4) is 0 Å². The van der Waals surface area contributed by atoms with Gasteiger partial charge in [0.2, 0.25) is 5.91 Å². The fourth-order valence-electron chi connectivity index (χ4n) is 5.02. The van der Waals surface area contributed by atoms with Crippen molar-refractivity contribution >= 4 is 12.0 Å². The van der Waals surface area contributed by atoms with E-state index in [0.717, 1.165) is 32.4 Å². The lowest BCUT2D eigenvalue weighted by Gasteiger charge is -2.28. The number of carbonyl (C=O) groups excluding carboxylic acids is 2. The average molecular weight is 403 g/mol. The Labute approximate surface area is 176 Å². The number of likely N-dealkylation sites (tertiary alicyclic amines) is 1. The average Bonchev–Trinajstić information content (AvgIpc) is 2.99. The van der Waals surface area contributed by atoms with Gasteiger partial charge in [-0.2, -0.15) is 0 Å². The first-order chi connectivity index (χ1) is 13.7. The highest BCUT2D eigenvalue weighted by Gasteiger charge is 2.66. The number of ether oxygens (including phenoxy) is 1. The van der Waals surface area contributed by atoms with Gasteiger partial charge in [0.1, 0.15) is 5.60 Å². The van der Waals surface area contributed by atoms with Gasteiger partial charge in [-0.1, -0.05) is 38.2 Å². The van der Waals surface area contributed by atoms with E-state index in [1.807, 2.05) is 31.7 Å². The summed E-state index contributed by atoms with van der Waals surface area (Å²) in [6, 6.07) is 0. The van der Waals surface area contributed by atoms with E-state index in [4.69, 9.17) is 4.74 Å². The zero-order valence-corrected chi connectivity index (χ0v) is 18.5. The van der Waals surface area contributed by atoms with Crippen LogP contribution in [0.15, 0.2) is 36.0 Å². The summed E-state index contributed by atoms with van der Waals surface area (Å²) in [7, 11) is 0. The number of carbonyl (C=O) groups is 2. The van der Waals surface area contributed by atoms with E-state index in [0.29, 0.717) is 24.3 Å². The molecule has 3 rings (SSSR count). The van der Waals surface area contributed by atoms with Crippen molar-refractivity contribution in [2.24, 2.45) is 23.2 Å². The lowest BCUT2D eigenvalue weighted by atomic mass is 9.92. The number of hydrogen-bond donors (Lipinski definition) is 1. The minimum absolute atomic E-state index is 0. The van der Waals surface area contributed by atoms with E-state index < -0.39 is 5.60 Å². The highest BCUT2D eigenvalue weighted by Crippen LogP contribution is 2.66. The summed E-state index contributed by atoms with van der Waals surface area (Å²) in [5.41, 5.74) is 1.01. The molecule has 2 unspecified atom stereocenters. The van der Waals surface area contributed by atoms with Crippen molar-refractivity contribution in [3.8, 4) is 0 Å². The number of nitrogens with zero attached hydrogens (tertiary/aromatic N) is 1. The van der Waals surface area contributed by atoms with Gasteiger partial charge in [0.05, 0.1) is 0 Å². The summed E-state index contributed by atoms with van der Waals surface area (Å²) in [4.78, 5) is 26.3. The molecule has 2 aliphatic carbocycles. The van der Waals surface area contributed by atoms with E-state index >= 15 is 0 Å². The smallest absolute Gasteiger partial charge is 0.410 e. The lowest BCUT2D eigenvalue weighted by molar-refractivity contribution is -0.116. The van der Waals surface area contributed by atoms with Gasteiger partial charge < -0.3 is 15.0 Å². The SMILES string of the molecule is CCC1(CCNC(=O)/C=C/C2=CC=CCC2C)[C@@H]2CN(C(=O)OC(C)(C)C)C[C@@H]21.[HH]. The third-order valence-electron chi connectivity index (χ3n) is 6.80. The van der Waals surface area contributed by atoms with Crippen LogP contribution in [-0.4, -0.2) is 42.1 Å². The second-order valence-corrected chi connectivity index (χ2v) is 9.79. The van der Waals surface area contributed by atoms with Gasteiger partial charge in [0, 0.05) is 27.1 Å². The molecule has 1 saturated carbocycles. The molecule has 1 heterocycles. The summed E-state index contributed by atoms with van der Waals surface area (Å²) < 4.78 is 5.50. The number of nitrogens with one attached hydrogen (secondary N) is 1. The van der Waals surface area contributed by atoms with Crippen molar-refractivity contribution in [3.05, 3.63) is 36.0 Å². The van der Waals surface area contributed by atoms with Crippen molar-refractivity contribution < 1.29 is 15.8 Å². The Bertz CT molecular complexity index is 723. The predicted molar refractivity (Wildman–Crippen MR) is 117 cm³/mol. The predicted octanol–water partition coefficient (Wildman–Crippen LogP) is 4.71. The highest BCUT2D eigenvalue weighted by atomic mass is 16.6. The van der Waals surface area contributed by atoms with Crippen LogP contribution in [0.1, 0.15) is 55.3 Å². The minimum Gasteiger partial charge on any atom is -0.444 e. The third kappa shape index (κ3) is 4.93. The van der Waals surface area contributed by atoms with Gasteiger partial charge in [-0.25, -0.2) is 4.79 Å². The van der Waals surface area contributed by atoms with Crippen LogP contribution in [0.4, 0.5) is 4.79 Å². The fourth-order valence-corrected chi connectivity index (χ4v) is 5.02. The van der Waals surface area contributed by atoms with E-state index in [-0.39, 0.29) is 18.8 Å². The Morgan fingerprint density at radius 2 is 2.03 bits per heavy atom. The second-order valence-electron chi connectivity index (χ2n) is 9.79. The van der Waals surface area contributed by atoms with E-state index in [1.54, 1.807) is 6.08 Å². The highest BCUT2D eigenvalue weighted by molar-refractivity contribution is 5.88.